The fourth-order valence-corrected chi connectivity index (χ4v) is 3.57. The van der Waals surface area contributed by atoms with E-state index in [9.17, 15) is 8.78 Å². The van der Waals surface area contributed by atoms with E-state index in [2.05, 4.69) is 14.9 Å². The number of nitrogens with one attached hydrogen (secondary N) is 1. The van der Waals surface area contributed by atoms with Crippen LogP contribution < -0.4 is 10.1 Å². The summed E-state index contributed by atoms with van der Waals surface area (Å²) in [5, 5.41) is 3.89. The predicted molar refractivity (Wildman–Crippen MR) is 88.6 cm³/mol. The minimum atomic E-state index is -0.554. The molecule has 7 heteroatoms. The van der Waals surface area contributed by atoms with Gasteiger partial charge in [0, 0.05) is 25.6 Å². The van der Waals surface area contributed by atoms with Crippen molar-refractivity contribution in [3.05, 3.63) is 46.0 Å². The quantitative estimate of drug-likeness (QED) is 0.889. The van der Waals surface area contributed by atoms with E-state index < -0.39 is 11.6 Å². The van der Waals surface area contributed by atoms with Crippen molar-refractivity contribution in [3.8, 4) is 5.75 Å². The summed E-state index contributed by atoms with van der Waals surface area (Å²) in [5.41, 5.74) is 1.27. The van der Waals surface area contributed by atoms with Crippen LogP contribution >= 0.6 is 11.6 Å². The number of hydrogen-bond acceptors (Lipinski definition) is 3. The maximum absolute atomic E-state index is 14.1. The Balaban J connectivity index is 1.80. The van der Waals surface area contributed by atoms with Crippen molar-refractivity contribution in [2.45, 2.75) is 38.8 Å². The van der Waals surface area contributed by atoms with Gasteiger partial charge in [0.1, 0.15) is 11.6 Å². The number of fused-ring (bicyclic) bond motifs is 1. The van der Waals surface area contributed by atoms with Crippen molar-refractivity contribution < 1.29 is 13.5 Å². The van der Waals surface area contributed by atoms with Crippen LogP contribution in [0.25, 0.3) is 0 Å². The lowest BCUT2D eigenvalue weighted by molar-refractivity contribution is 0.379. The Hall–Kier alpha value is -1.66. The number of aromatic nitrogens is 2. The van der Waals surface area contributed by atoms with Crippen LogP contribution in [0, 0.1) is 11.6 Å². The first-order valence-electron chi connectivity index (χ1n) is 8.05. The molecule has 4 nitrogen and oxygen atoms in total. The van der Waals surface area contributed by atoms with E-state index in [4.69, 9.17) is 16.3 Å². The molecule has 1 aliphatic heterocycles. The van der Waals surface area contributed by atoms with Crippen molar-refractivity contribution in [1.82, 2.24) is 14.9 Å². The summed E-state index contributed by atoms with van der Waals surface area (Å²) in [4.78, 5) is 4.41. The van der Waals surface area contributed by atoms with Gasteiger partial charge in [-0.3, -0.25) is 0 Å². The second kappa shape index (κ2) is 7.07. The fourth-order valence-electron chi connectivity index (χ4n) is 3.24. The number of methoxy groups -OCH3 is 1. The molecule has 0 saturated carbocycles. The van der Waals surface area contributed by atoms with Gasteiger partial charge in [-0.2, -0.15) is 0 Å². The van der Waals surface area contributed by atoms with Gasteiger partial charge in [0.05, 0.1) is 18.8 Å². The molecule has 0 spiro atoms. The summed E-state index contributed by atoms with van der Waals surface area (Å²) in [6.07, 6.45) is 1.81. The SMILES string of the molecule is CCc1nc(Cl)c2n1CCNC2CCc1cc(F)c(OC)cc1F. The van der Waals surface area contributed by atoms with Gasteiger partial charge in [-0.25, -0.2) is 13.8 Å². The Morgan fingerprint density at radius 3 is 2.88 bits per heavy atom. The molecular weight excluding hydrogens is 336 g/mol. The van der Waals surface area contributed by atoms with Crippen LogP contribution in [0.2, 0.25) is 5.15 Å². The van der Waals surface area contributed by atoms with Gasteiger partial charge in [-0.1, -0.05) is 18.5 Å². The van der Waals surface area contributed by atoms with E-state index in [0.717, 1.165) is 37.1 Å². The smallest absolute Gasteiger partial charge is 0.165 e. The van der Waals surface area contributed by atoms with Crippen molar-refractivity contribution in [2.75, 3.05) is 13.7 Å². The number of halogens is 3. The highest BCUT2D eigenvalue weighted by molar-refractivity contribution is 6.30. The Labute approximate surface area is 144 Å². The highest BCUT2D eigenvalue weighted by atomic mass is 35.5. The summed E-state index contributed by atoms with van der Waals surface area (Å²) in [6.45, 7) is 3.66. The molecule has 0 amide bonds. The normalized spacial score (nSPS) is 17.0. The zero-order valence-corrected chi connectivity index (χ0v) is 14.5. The molecule has 1 aliphatic rings. The average Bonchev–Trinajstić information content (AvgIpc) is 2.92. The minimum absolute atomic E-state index is 0.0244. The summed E-state index contributed by atoms with van der Waals surface area (Å²) < 4.78 is 34.8. The molecule has 1 aromatic heterocycles. The Kier molecular flexibility index (Phi) is 5.06. The molecule has 2 heterocycles. The summed E-state index contributed by atoms with van der Waals surface area (Å²) in [7, 11) is 1.32. The lowest BCUT2D eigenvalue weighted by Crippen LogP contribution is -2.34. The standard InChI is InChI=1S/C17H20ClF2N3O/c1-3-15-22-17(18)16-13(21-6-7-23(15)16)5-4-10-8-12(20)14(24-2)9-11(10)19/h8-9,13,21H,3-7H2,1-2H3. The Morgan fingerprint density at radius 1 is 1.38 bits per heavy atom. The largest absolute Gasteiger partial charge is 0.494 e. The summed E-state index contributed by atoms with van der Waals surface area (Å²) in [6, 6.07) is 2.27. The van der Waals surface area contributed by atoms with Crippen molar-refractivity contribution in [3.63, 3.8) is 0 Å². The Morgan fingerprint density at radius 2 is 2.17 bits per heavy atom. The second-order valence-electron chi connectivity index (χ2n) is 5.83. The lowest BCUT2D eigenvalue weighted by Gasteiger charge is -2.27. The third kappa shape index (κ3) is 3.13. The molecule has 0 aliphatic carbocycles. The first-order valence-corrected chi connectivity index (χ1v) is 8.43. The number of aryl methyl sites for hydroxylation is 2. The fraction of sp³-hybridized carbons (Fsp3) is 0.471. The van der Waals surface area contributed by atoms with Crippen LogP contribution in [-0.2, 0) is 19.4 Å². The number of hydrogen-bond donors (Lipinski definition) is 1. The molecule has 0 saturated heterocycles. The van der Waals surface area contributed by atoms with E-state index >= 15 is 0 Å². The molecule has 1 unspecified atom stereocenters. The van der Waals surface area contributed by atoms with Crippen LogP contribution in [0.4, 0.5) is 8.78 Å². The molecule has 0 radical (unpaired) electrons. The third-order valence-electron chi connectivity index (χ3n) is 4.44. The summed E-state index contributed by atoms with van der Waals surface area (Å²) >= 11 is 6.29. The Bertz CT molecular complexity index is 748. The number of benzene rings is 1. The highest BCUT2D eigenvalue weighted by Crippen LogP contribution is 2.31. The minimum Gasteiger partial charge on any atom is -0.494 e. The molecule has 2 aromatic rings. The lowest BCUT2D eigenvalue weighted by atomic mass is 10.0. The molecule has 1 atom stereocenters. The van der Waals surface area contributed by atoms with E-state index in [0.29, 0.717) is 23.6 Å². The van der Waals surface area contributed by atoms with Gasteiger partial charge in [-0.05, 0) is 24.5 Å². The van der Waals surface area contributed by atoms with E-state index in [1.54, 1.807) is 0 Å². The van der Waals surface area contributed by atoms with Gasteiger partial charge >= 0.3 is 0 Å². The van der Waals surface area contributed by atoms with Gasteiger partial charge < -0.3 is 14.6 Å². The number of rotatable bonds is 5. The van der Waals surface area contributed by atoms with E-state index in [1.165, 1.54) is 13.2 Å². The molecule has 0 bridgehead atoms. The molecule has 1 N–H and O–H groups in total. The first-order chi connectivity index (χ1) is 11.5. The van der Waals surface area contributed by atoms with Crippen molar-refractivity contribution >= 4 is 11.6 Å². The van der Waals surface area contributed by atoms with Crippen molar-refractivity contribution in [1.29, 1.82) is 0 Å². The first kappa shape index (κ1) is 17.2. The zero-order chi connectivity index (χ0) is 17.3. The molecule has 130 valence electrons. The van der Waals surface area contributed by atoms with Crippen LogP contribution in [0.3, 0.4) is 0 Å². The maximum atomic E-state index is 14.1. The molecule has 1 aromatic carbocycles. The predicted octanol–water partition coefficient (Wildman–Crippen LogP) is 3.66. The highest BCUT2D eigenvalue weighted by Gasteiger charge is 2.26. The number of nitrogens with zero attached hydrogens (tertiary/aromatic N) is 2. The van der Waals surface area contributed by atoms with Crippen LogP contribution in [0.5, 0.6) is 5.75 Å². The van der Waals surface area contributed by atoms with Gasteiger partial charge in [0.2, 0.25) is 0 Å². The zero-order valence-electron chi connectivity index (χ0n) is 13.7. The topological polar surface area (TPSA) is 39.1 Å². The molecule has 3 rings (SSSR count). The van der Waals surface area contributed by atoms with E-state index in [1.807, 2.05) is 6.92 Å². The van der Waals surface area contributed by atoms with Gasteiger partial charge in [-0.15, -0.1) is 0 Å². The third-order valence-corrected chi connectivity index (χ3v) is 4.71. The number of imidazole rings is 1. The van der Waals surface area contributed by atoms with Crippen LogP contribution in [-0.4, -0.2) is 23.2 Å². The average molecular weight is 356 g/mol. The molecule has 24 heavy (non-hydrogen) atoms. The van der Waals surface area contributed by atoms with Crippen molar-refractivity contribution in [2.24, 2.45) is 0 Å². The van der Waals surface area contributed by atoms with Gasteiger partial charge in [0.15, 0.2) is 16.7 Å². The van der Waals surface area contributed by atoms with Crippen LogP contribution in [0.15, 0.2) is 12.1 Å². The maximum Gasteiger partial charge on any atom is 0.165 e. The van der Waals surface area contributed by atoms with E-state index in [-0.39, 0.29) is 11.8 Å². The monoisotopic (exact) mass is 355 g/mol. The summed E-state index contributed by atoms with van der Waals surface area (Å²) in [5.74, 6) is -0.135. The van der Waals surface area contributed by atoms with Crippen LogP contribution in [0.1, 0.15) is 36.5 Å². The molecule has 0 fully saturated rings. The number of ether oxygens (including phenoxy) is 1. The second-order valence-corrected chi connectivity index (χ2v) is 6.19. The molecular formula is C17H20ClF2N3O. The van der Waals surface area contributed by atoms with Gasteiger partial charge in [0.25, 0.3) is 0 Å².